The molecule has 0 saturated heterocycles. The largest absolute Gasteiger partial charge is 0.495 e. The minimum absolute atomic E-state index is 0.0447. The van der Waals surface area contributed by atoms with E-state index < -0.39 is 0 Å². The molecule has 1 aliphatic rings. The van der Waals surface area contributed by atoms with Gasteiger partial charge in [-0.3, -0.25) is 4.79 Å². The summed E-state index contributed by atoms with van der Waals surface area (Å²) in [5, 5.41) is 0.682. The molecular formula is C22H21ClN2O3S. The first-order valence-corrected chi connectivity index (χ1v) is 10.9. The zero-order chi connectivity index (χ0) is 20.2. The number of benzene rings is 2. The molecule has 1 aliphatic heterocycles. The number of oxazole rings is 1. The molecule has 5 nitrogen and oxygen atoms in total. The molecule has 3 aromatic rings. The highest BCUT2D eigenvalue weighted by Gasteiger charge is 2.27. The van der Waals surface area contributed by atoms with E-state index in [2.05, 4.69) is 4.98 Å². The number of anilines is 1. The van der Waals surface area contributed by atoms with E-state index in [1.165, 1.54) is 11.8 Å². The average Bonchev–Trinajstić information content (AvgIpc) is 3.23. The van der Waals surface area contributed by atoms with Gasteiger partial charge in [0.25, 0.3) is 0 Å². The lowest BCUT2D eigenvalue weighted by Crippen LogP contribution is -2.37. The average molecular weight is 429 g/mol. The van der Waals surface area contributed by atoms with Crippen molar-refractivity contribution in [2.75, 3.05) is 24.3 Å². The Morgan fingerprint density at radius 1 is 1.28 bits per heavy atom. The van der Waals surface area contributed by atoms with E-state index in [0.29, 0.717) is 34.7 Å². The summed E-state index contributed by atoms with van der Waals surface area (Å²) in [4.78, 5) is 19.2. The lowest BCUT2D eigenvalue weighted by molar-refractivity contribution is -0.116. The standard InChI is InChI=1S/C22H21ClN2O3S/c1-27-19-10-9-18(23)17-8-5-11-25(21(17)19)20(26)14-29-13-16-12-28-22(24-16)15-6-3-2-4-7-15/h2-4,6-7,9-10,12H,5,8,11,13-14H2,1H3. The molecule has 0 unspecified atom stereocenters. The van der Waals surface area contributed by atoms with E-state index in [1.807, 2.05) is 42.5 Å². The fraction of sp³-hybridized carbons (Fsp3) is 0.273. The van der Waals surface area contributed by atoms with Crippen LogP contribution in [-0.2, 0) is 17.0 Å². The summed E-state index contributed by atoms with van der Waals surface area (Å²) in [6.07, 6.45) is 3.39. The monoisotopic (exact) mass is 428 g/mol. The number of aromatic nitrogens is 1. The zero-order valence-electron chi connectivity index (χ0n) is 16.1. The van der Waals surface area contributed by atoms with Crippen LogP contribution in [0, 0.1) is 0 Å². The van der Waals surface area contributed by atoms with Gasteiger partial charge in [0.15, 0.2) is 0 Å². The molecule has 2 aromatic carbocycles. The van der Waals surface area contributed by atoms with Gasteiger partial charge in [0.1, 0.15) is 12.0 Å². The first-order chi connectivity index (χ1) is 14.2. The summed E-state index contributed by atoms with van der Waals surface area (Å²) in [5.74, 6) is 2.28. The van der Waals surface area contributed by atoms with Crippen molar-refractivity contribution in [2.24, 2.45) is 0 Å². The van der Waals surface area contributed by atoms with Crippen molar-refractivity contribution in [3.8, 4) is 17.2 Å². The van der Waals surface area contributed by atoms with Gasteiger partial charge in [-0.25, -0.2) is 4.98 Å². The molecule has 0 N–H and O–H groups in total. The molecule has 0 bridgehead atoms. The van der Waals surface area contributed by atoms with Crippen LogP contribution in [0.2, 0.25) is 5.02 Å². The van der Waals surface area contributed by atoms with Crippen LogP contribution in [0.4, 0.5) is 5.69 Å². The number of methoxy groups -OCH3 is 1. The molecule has 0 saturated carbocycles. The summed E-state index contributed by atoms with van der Waals surface area (Å²) >= 11 is 7.88. The van der Waals surface area contributed by atoms with Gasteiger partial charge >= 0.3 is 0 Å². The van der Waals surface area contributed by atoms with Crippen molar-refractivity contribution < 1.29 is 13.9 Å². The van der Waals surface area contributed by atoms with Gasteiger partial charge in [0.05, 0.1) is 24.2 Å². The molecule has 0 spiro atoms. The molecule has 0 radical (unpaired) electrons. The fourth-order valence-electron chi connectivity index (χ4n) is 3.47. The van der Waals surface area contributed by atoms with Gasteiger partial charge in [-0.2, -0.15) is 0 Å². The third-order valence-electron chi connectivity index (χ3n) is 4.84. The summed E-state index contributed by atoms with van der Waals surface area (Å²) < 4.78 is 11.0. The topological polar surface area (TPSA) is 55.6 Å². The molecule has 0 atom stereocenters. The van der Waals surface area contributed by atoms with Gasteiger partial charge in [-0.1, -0.05) is 29.8 Å². The number of halogens is 1. The van der Waals surface area contributed by atoms with E-state index in [0.717, 1.165) is 35.3 Å². The van der Waals surface area contributed by atoms with Gasteiger partial charge in [0, 0.05) is 22.9 Å². The minimum atomic E-state index is 0.0447. The second kappa shape index (κ2) is 8.93. The van der Waals surface area contributed by atoms with E-state index in [1.54, 1.807) is 18.3 Å². The Morgan fingerprint density at radius 3 is 2.90 bits per heavy atom. The van der Waals surface area contributed by atoms with Gasteiger partial charge < -0.3 is 14.1 Å². The number of fused-ring (bicyclic) bond motifs is 1. The number of thioether (sulfide) groups is 1. The van der Waals surface area contributed by atoms with Crippen molar-refractivity contribution in [2.45, 2.75) is 18.6 Å². The molecular weight excluding hydrogens is 408 g/mol. The van der Waals surface area contributed by atoms with Crippen molar-refractivity contribution in [3.63, 3.8) is 0 Å². The predicted octanol–water partition coefficient (Wildman–Crippen LogP) is 5.22. The number of rotatable bonds is 6. The van der Waals surface area contributed by atoms with Crippen molar-refractivity contribution in [1.29, 1.82) is 0 Å². The first kappa shape index (κ1) is 19.9. The summed E-state index contributed by atoms with van der Waals surface area (Å²) in [7, 11) is 1.62. The molecule has 0 aliphatic carbocycles. The molecule has 7 heteroatoms. The predicted molar refractivity (Wildman–Crippen MR) is 117 cm³/mol. The number of hydrogen-bond acceptors (Lipinski definition) is 5. The molecule has 4 rings (SSSR count). The Hall–Kier alpha value is -2.44. The first-order valence-electron chi connectivity index (χ1n) is 9.40. The quantitative estimate of drug-likeness (QED) is 0.539. The lowest BCUT2D eigenvalue weighted by Gasteiger charge is -2.31. The van der Waals surface area contributed by atoms with Gasteiger partial charge in [-0.15, -0.1) is 11.8 Å². The normalized spacial score (nSPS) is 13.2. The Labute approximate surface area is 179 Å². The maximum atomic E-state index is 12.9. The number of ether oxygens (including phenoxy) is 1. The highest BCUT2D eigenvalue weighted by atomic mass is 35.5. The minimum Gasteiger partial charge on any atom is -0.495 e. The van der Waals surface area contributed by atoms with E-state index in [-0.39, 0.29) is 5.91 Å². The zero-order valence-corrected chi connectivity index (χ0v) is 17.6. The number of amides is 1. The third kappa shape index (κ3) is 4.28. The molecule has 2 heterocycles. The lowest BCUT2D eigenvalue weighted by atomic mass is 10.0. The summed E-state index contributed by atoms with van der Waals surface area (Å²) in [6.45, 7) is 0.672. The van der Waals surface area contributed by atoms with Crippen molar-refractivity contribution >= 4 is 35.0 Å². The number of carbonyl (C=O) groups excluding carboxylic acids is 1. The maximum absolute atomic E-state index is 12.9. The van der Waals surface area contributed by atoms with E-state index >= 15 is 0 Å². The highest BCUT2D eigenvalue weighted by molar-refractivity contribution is 7.99. The van der Waals surface area contributed by atoms with Crippen LogP contribution in [0.15, 0.2) is 53.1 Å². The molecule has 29 heavy (non-hydrogen) atoms. The fourth-order valence-corrected chi connectivity index (χ4v) is 4.49. The third-order valence-corrected chi connectivity index (χ3v) is 6.14. The van der Waals surface area contributed by atoms with Crippen LogP contribution < -0.4 is 9.64 Å². The molecule has 150 valence electrons. The van der Waals surface area contributed by atoms with Crippen LogP contribution >= 0.6 is 23.4 Å². The number of hydrogen-bond donors (Lipinski definition) is 0. The summed E-state index contributed by atoms with van der Waals surface area (Å²) in [6, 6.07) is 13.4. The van der Waals surface area contributed by atoms with Crippen LogP contribution in [0.5, 0.6) is 5.75 Å². The Kier molecular flexibility index (Phi) is 6.11. The van der Waals surface area contributed by atoms with E-state index in [9.17, 15) is 4.79 Å². The molecule has 0 fully saturated rings. The van der Waals surface area contributed by atoms with Crippen LogP contribution in [0.3, 0.4) is 0 Å². The van der Waals surface area contributed by atoms with Gasteiger partial charge in [0.2, 0.25) is 11.8 Å². The SMILES string of the molecule is COc1ccc(Cl)c2c1N(C(=O)CSCc1coc(-c3ccccc3)n1)CCC2. The van der Waals surface area contributed by atoms with E-state index in [4.69, 9.17) is 20.8 Å². The van der Waals surface area contributed by atoms with Crippen LogP contribution in [-0.4, -0.2) is 30.3 Å². The number of carbonyl (C=O) groups is 1. The Bertz CT molecular complexity index is 1010. The smallest absolute Gasteiger partial charge is 0.237 e. The maximum Gasteiger partial charge on any atom is 0.237 e. The molecule has 1 amide bonds. The Morgan fingerprint density at radius 2 is 2.10 bits per heavy atom. The van der Waals surface area contributed by atoms with Crippen molar-refractivity contribution in [1.82, 2.24) is 4.98 Å². The summed E-state index contributed by atoms with van der Waals surface area (Å²) in [5.41, 5.74) is 3.55. The van der Waals surface area contributed by atoms with Gasteiger partial charge in [-0.05, 0) is 42.7 Å². The second-order valence-corrected chi connectivity index (χ2v) is 8.12. The number of nitrogens with zero attached hydrogens (tertiary/aromatic N) is 2. The van der Waals surface area contributed by atoms with Crippen LogP contribution in [0.25, 0.3) is 11.5 Å². The van der Waals surface area contributed by atoms with Crippen molar-refractivity contribution in [3.05, 3.63) is 65.0 Å². The molecule has 1 aromatic heterocycles. The van der Waals surface area contributed by atoms with Crippen LogP contribution in [0.1, 0.15) is 17.7 Å². The highest BCUT2D eigenvalue weighted by Crippen LogP contribution is 2.40. The Balaban J connectivity index is 1.41. The second-order valence-electron chi connectivity index (χ2n) is 6.73.